The summed E-state index contributed by atoms with van der Waals surface area (Å²) in [5.74, 6) is 1.39. The molecule has 0 aliphatic carbocycles. The molecule has 140 valence electrons. The van der Waals surface area contributed by atoms with E-state index in [4.69, 9.17) is 0 Å². The maximum Gasteiger partial charge on any atom is 0.241 e. The quantitative estimate of drug-likeness (QED) is 0.871. The molecule has 6 nitrogen and oxygen atoms in total. The minimum atomic E-state index is -3.61. The van der Waals surface area contributed by atoms with Gasteiger partial charge in [0, 0.05) is 24.8 Å². The predicted octanol–water partition coefficient (Wildman–Crippen LogP) is 2.87. The maximum atomic E-state index is 12.7. The van der Waals surface area contributed by atoms with Crippen molar-refractivity contribution in [2.75, 3.05) is 18.0 Å². The van der Waals surface area contributed by atoms with Crippen LogP contribution < -0.4 is 9.62 Å². The molecule has 0 saturated carbocycles. The van der Waals surface area contributed by atoms with Crippen LogP contribution in [0.4, 0.5) is 5.82 Å². The summed E-state index contributed by atoms with van der Waals surface area (Å²) in [7, 11) is -3.61. The predicted molar refractivity (Wildman–Crippen MR) is 103 cm³/mol. The van der Waals surface area contributed by atoms with Crippen LogP contribution in [0.3, 0.4) is 0 Å². The van der Waals surface area contributed by atoms with Gasteiger partial charge < -0.3 is 4.90 Å². The van der Waals surface area contributed by atoms with Crippen molar-refractivity contribution in [2.24, 2.45) is 0 Å². The van der Waals surface area contributed by atoms with E-state index >= 15 is 0 Å². The number of hydrogen-bond acceptors (Lipinski definition) is 5. The van der Waals surface area contributed by atoms with Crippen molar-refractivity contribution in [1.29, 1.82) is 0 Å². The first-order chi connectivity index (χ1) is 12.3. The summed E-state index contributed by atoms with van der Waals surface area (Å²) in [6.45, 7) is 7.66. The molecule has 1 saturated heterocycles. The molecule has 0 radical (unpaired) electrons. The summed E-state index contributed by atoms with van der Waals surface area (Å²) in [5.41, 5.74) is 2.49. The minimum Gasteiger partial charge on any atom is -0.357 e. The smallest absolute Gasteiger partial charge is 0.241 e. The lowest BCUT2D eigenvalue weighted by molar-refractivity contribution is 0.569. The summed E-state index contributed by atoms with van der Waals surface area (Å²) in [4.78, 5) is 11.5. The first-order valence-electron chi connectivity index (χ1n) is 9.01. The Morgan fingerprint density at radius 2 is 1.77 bits per heavy atom. The maximum absolute atomic E-state index is 12.7. The molecule has 3 rings (SSSR count). The van der Waals surface area contributed by atoms with E-state index in [-0.39, 0.29) is 6.54 Å². The largest absolute Gasteiger partial charge is 0.357 e. The van der Waals surface area contributed by atoms with Crippen LogP contribution in [0.2, 0.25) is 0 Å². The topological polar surface area (TPSA) is 75.2 Å². The Labute approximate surface area is 155 Å². The van der Waals surface area contributed by atoms with Crippen molar-refractivity contribution < 1.29 is 8.42 Å². The highest BCUT2D eigenvalue weighted by Crippen LogP contribution is 2.19. The van der Waals surface area contributed by atoms with E-state index in [0.29, 0.717) is 10.7 Å². The van der Waals surface area contributed by atoms with Gasteiger partial charge in [-0.05, 0) is 57.2 Å². The van der Waals surface area contributed by atoms with Gasteiger partial charge in [-0.2, -0.15) is 0 Å². The van der Waals surface area contributed by atoms with Gasteiger partial charge in [0.25, 0.3) is 0 Å². The number of piperidine rings is 1. The third kappa shape index (κ3) is 4.40. The number of anilines is 1. The Bertz CT molecular complexity index is 890. The third-order valence-corrected chi connectivity index (χ3v) is 6.16. The molecule has 0 unspecified atom stereocenters. The molecule has 7 heteroatoms. The van der Waals surface area contributed by atoms with E-state index in [2.05, 4.69) is 19.6 Å². The Hall–Kier alpha value is -1.99. The molecule has 1 aliphatic heterocycles. The summed E-state index contributed by atoms with van der Waals surface area (Å²) in [6.07, 6.45) is 3.58. The van der Waals surface area contributed by atoms with Gasteiger partial charge >= 0.3 is 0 Å². The Kier molecular flexibility index (Phi) is 5.58. The molecule has 1 fully saturated rings. The molecule has 2 aromatic rings. The fourth-order valence-electron chi connectivity index (χ4n) is 3.21. The summed E-state index contributed by atoms with van der Waals surface area (Å²) >= 11 is 0. The normalized spacial score (nSPS) is 15.3. The van der Waals surface area contributed by atoms with Crippen LogP contribution in [0, 0.1) is 20.8 Å². The number of nitrogens with one attached hydrogen (secondary N) is 1. The lowest BCUT2D eigenvalue weighted by Crippen LogP contribution is -2.31. The molecule has 1 aromatic carbocycles. The van der Waals surface area contributed by atoms with Crippen LogP contribution in [-0.2, 0) is 16.6 Å². The number of hydrogen-bond donors (Lipinski definition) is 1. The molecule has 0 bridgehead atoms. The second kappa shape index (κ2) is 7.72. The molecular weight excluding hydrogens is 348 g/mol. The van der Waals surface area contributed by atoms with Crippen LogP contribution in [-0.4, -0.2) is 31.5 Å². The highest BCUT2D eigenvalue weighted by Gasteiger charge is 2.18. The Balaban J connectivity index is 1.78. The van der Waals surface area contributed by atoms with Crippen LogP contribution in [0.25, 0.3) is 0 Å². The van der Waals surface area contributed by atoms with Gasteiger partial charge in [0.1, 0.15) is 11.6 Å². The molecule has 26 heavy (non-hydrogen) atoms. The zero-order valence-corrected chi connectivity index (χ0v) is 16.4. The van der Waals surface area contributed by atoms with Gasteiger partial charge in [0.15, 0.2) is 0 Å². The number of nitrogens with zero attached hydrogens (tertiary/aromatic N) is 3. The molecule has 2 heterocycles. The summed E-state index contributed by atoms with van der Waals surface area (Å²) in [6, 6.07) is 7.38. The Morgan fingerprint density at radius 1 is 1.04 bits per heavy atom. The molecule has 1 aromatic heterocycles. The number of sulfonamides is 1. The molecule has 0 atom stereocenters. The van der Waals surface area contributed by atoms with Gasteiger partial charge in [0.05, 0.1) is 11.4 Å². The monoisotopic (exact) mass is 374 g/mol. The van der Waals surface area contributed by atoms with Crippen molar-refractivity contribution in [3.05, 3.63) is 46.9 Å². The van der Waals surface area contributed by atoms with Crippen LogP contribution >= 0.6 is 0 Å². The molecule has 0 amide bonds. The zero-order chi connectivity index (χ0) is 18.7. The average Bonchev–Trinajstić information content (AvgIpc) is 2.62. The third-order valence-electron chi connectivity index (χ3n) is 4.62. The second-order valence-corrected chi connectivity index (χ2v) is 8.66. The molecule has 0 spiro atoms. The highest BCUT2D eigenvalue weighted by atomic mass is 32.2. The lowest BCUT2D eigenvalue weighted by Gasteiger charge is -2.28. The van der Waals surface area contributed by atoms with Gasteiger partial charge in [-0.1, -0.05) is 12.1 Å². The zero-order valence-electron chi connectivity index (χ0n) is 15.6. The van der Waals surface area contributed by atoms with E-state index in [9.17, 15) is 8.42 Å². The molecule has 1 aliphatic rings. The molecular formula is C19H26N4O2S. The number of rotatable bonds is 5. The van der Waals surface area contributed by atoms with Gasteiger partial charge in [-0.15, -0.1) is 0 Å². The van der Waals surface area contributed by atoms with Crippen LogP contribution in [0.1, 0.15) is 41.9 Å². The van der Waals surface area contributed by atoms with E-state index < -0.39 is 10.0 Å². The van der Waals surface area contributed by atoms with Gasteiger partial charge in [-0.3, -0.25) is 0 Å². The van der Waals surface area contributed by atoms with E-state index in [1.165, 1.54) is 6.42 Å². The number of benzene rings is 1. The fraction of sp³-hybridized carbons (Fsp3) is 0.474. The lowest BCUT2D eigenvalue weighted by atomic mass is 10.1. The number of aromatic nitrogens is 2. The van der Waals surface area contributed by atoms with Crippen LogP contribution in [0.15, 0.2) is 29.2 Å². The first-order valence-corrected chi connectivity index (χ1v) is 10.5. The van der Waals surface area contributed by atoms with Crippen molar-refractivity contribution in [3.63, 3.8) is 0 Å². The van der Waals surface area contributed by atoms with Crippen molar-refractivity contribution in [3.8, 4) is 0 Å². The van der Waals surface area contributed by atoms with Crippen LogP contribution in [0.5, 0.6) is 0 Å². The first kappa shape index (κ1) is 18.8. The Morgan fingerprint density at radius 3 is 2.50 bits per heavy atom. The number of aryl methyl sites for hydroxylation is 3. The minimum absolute atomic E-state index is 0.0816. The fourth-order valence-corrected chi connectivity index (χ4v) is 4.52. The van der Waals surface area contributed by atoms with Crippen molar-refractivity contribution >= 4 is 15.8 Å². The second-order valence-electron chi connectivity index (χ2n) is 6.92. The van der Waals surface area contributed by atoms with E-state index in [1.54, 1.807) is 13.0 Å². The van der Waals surface area contributed by atoms with E-state index in [1.807, 2.05) is 32.0 Å². The van der Waals surface area contributed by atoms with Crippen molar-refractivity contribution in [2.45, 2.75) is 51.5 Å². The van der Waals surface area contributed by atoms with E-state index in [0.717, 1.165) is 48.6 Å². The van der Waals surface area contributed by atoms with Crippen molar-refractivity contribution in [1.82, 2.24) is 14.7 Å². The summed E-state index contributed by atoms with van der Waals surface area (Å²) < 4.78 is 28.0. The average molecular weight is 375 g/mol. The summed E-state index contributed by atoms with van der Waals surface area (Å²) in [5, 5.41) is 0. The van der Waals surface area contributed by atoms with Gasteiger partial charge in [-0.25, -0.2) is 23.1 Å². The molecule has 1 N–H and O–H groups in total. The SMILES string of the molecule is Cc1ccc(C)c(S(=O)(=O)NCc2nc(C)cc(N3CCCCC3)n2)c1. The highest BCUT2D eigenvalue weighted by molar-refractivity contribution is 7.89. The standard InChI is InChI=1S/C19H26N4O2S/c1-14-7-8-15(2)17(11-14)26(24,25)20-13-18-21-16(3)12-19(22-18)23-9-5-4-6-10-23/h7-8,11-12,20H,4-6,9-10,13H2,1-3H3. The van der Waals surface area contributed by atoms with Gasteiger partial charge in [0.2, 0.25) is 10.0 Å².